The predicted octanol–water partition coefficient (Wildman–Crippen LogP) is 0.646. The van der Waals surface area contributed by atoms with Crippen LogP contribution in [0, 0.1) is 0 Å². The highest BCUT2D eigenvalue weighted by Gasteiger charge is 2.13. The van der Waals surface area contributed by atoms with Gasteiger partial charge in [-0.1, -0.05) is 25.1 Å². The molecule has 1 rings (SSSR count). The molecule has 4 nitrogen and oxygen atoms in total. The Morgan fingerprint density at radius 3 is 2.75 bits per heavy atom. The van der Waals surface area contributed by atoms with Crippen molar-refractivity contribution in [1.82, 2.24) is 5.32 Å². The zero-order chi connectivity index (χ0) is 12.0. The van der Waals surface area contributed by atoms with E-state index in [-0.39, 0.29) is 18.6 Å². The normalized spacial score (nSPS) is 12.2. The first-order valence-electron chi connectivity index (χ1n) is 5.42. The van der Waals surface area contributed by atoms with Crippen LogP contribution in [0.1, 0.15) is 29.3 Å². The molecule has 1 amide bonds. The number of nitrogens with one attached hydrogen (secondary N) is 1. The van der Waals surface area contributed by atoms with Crippen LogP contribution in [-0.4, -0.2) is 23.7 Å². The van der Waals surface area contributed by atoms with Gasteiger partial charge in [0.05, 0.1) is 12.6 Å². The molecule has 16 heavy (non-hydrogen) atoms. The van der Waals surface area contributed by atoms with Crippen LogP contribution in [0.25, 0.3) is 0 Å². The molecule has 0 saturated heterocycles. The van der Waals surface area contributed by atoms with Crippen molar-refractivity contribution in [1.29, 1.82) is 0 Å². The van der Waals surface area contributed by atoms with E-state index in [1.54, 1.807) is 12.1 Å². The van der Waals surface area contributed by atoms with Crippen molar-refractivity contribution in [3.63, 3.8) is 0 Å². The van der Waals surface area contributed by atoms with Gasteiger partial charge in [0.15, 0.2) is 0 Å². The molecule has 4 heteroatoms. The lowest BCUT2D eigenvalue weighted by Crippen LogP contribution is -2.37. The van der Waals surface area contributed by atoms with Crippen molar-refractivity contribution in [2.45, 2.75) is 25.9 Å². The number of benzene rings is 1. The van der Waals surface area contributed by atoms with Crippen LogP contribution in [0.5, 0.6) is 0 Å². The lowest BCUT2D eigenvalue weighted by molar-refractivity contribution is 0.0914. The Morgan fingerprint density at radius 2 is 2.19 bits per heavy atom. The Morgan fingerprint density at radius 1 is 1.50 bits per heavy atom. The molecule has 1 atom stereocenters. The van der Waals surface area contributed by atoms with E-state index in [0.717, 1.165) is 5.56 Å². The quantitative estimate of drug-likeness (QED) is 0.684. The molecular formula is C12H18N2O2. The standard InChI is InChI=1S/C12H18N2O2/c1-2-10(8-15)14-12(16)11-6-4-3-5-9(11)7-13/h3-6,10,15H,2,7-8,13H2,1H3,(H,14,16). The summed E-state index contributed by atoms with van der Waals surface area (Å²) in [6, 6.07) is 7.02. The van der Waals surface area contributed by atoms with Gasteiger partial charge in [-0.15, -0.1) is 0 Å². The van der Waals surface area contributed by atoms with Crippen molar-refractivity contribution >= 4 is 5.91 Å². The van der Waals surface area contributed by atoms with Gasteiger partial charge in [0.2, 0.25) is 0 Å². The molecule has 1 aromatic rings. The van der Waals surface area contributed by atoms with Gasteiger partial charge in [-0.2, -0.15) is 0 Å². The molecule has 0 bridgehead atoms. The second kappa shape index (κ2) is 6.25. The largest absolute Gasteiger partial charge is 0.394 e. The maximum absolute atomic E-state index is 11.9. The van der Waals surface area contributed by atoms with E-state index in [9.17, 15) is 4.79 Å². The topological polar surface area (TPSA) is 75.3 Å². The lowest BCUT2D eigenvalue weighted by atomic mass is 10.1. The average Bonchev–Trinajstić information content (AvgIpc) is 2.35. The van der Waals surface area contributed by atoms with Gasteiger partial charge in [0.25, 0.3) is 5.91 Å². The Labute approximate surface area is 95.5 Å². The molecule has 0 aliphatic carbocycles. The van der Waals surface area contributed by atoms with E-state index in [1.165, 1.54) is 0 Å². The van der Waals surface area contributed by atoms with Crippen LogP contribution in [0.4, 0.5) is 0 Å². The predicted molar refractivity (Wildman–Crippen MR) is 63.0 cm³/mol. The van der Waals surface area contributed by atoms with E-state index in [4.69, 9.17) is 10.8 Å². The highest BCUT2D eigenvalue weighted by molar-refractivity contribution is 5.95. The summed E-state index contributed by atoms with van der Waals surface area (Å²) in [5, 5.41) is 11.8. The van der Waals surface area contributed by atoms with Crippen molar-refractivity contribution in [3.8, 4) is 0 Å². The Kier molecular flexibility index (Phi) is 4.95. The smallest absolute Gasteiger partial charge is 0.251 e. The molecule has 0 radical (unpaired) electrons. The summed E-state index contributed by atoms with van der Waals surface area (Å²) in [4.78, 5) is 11.9. The van der Waals surface area contributed by atoms with Crippen LogP contribution in [0.3, 0.4) is 0 Å². The van der Waals surface area contributed by atoms with Crippen molar-refractivity contribution in [2.24, 2.45) is 5.73 Å². The summed E-state index contributed by atoms with van der Waals surface area (Å²) >= 11 is 0. The van der Waals surface area contributed by atoms with Gasteiger partial charge in [-0.25, -0.2) is 0 Å². The fourth-order valence-corrected chi connectivity index (χ4v) is 1.46. The monoisotopic (exact) mass is 222 g/mol. The van der Waals surface area contributed by atoms with E-state index >= 15 is 0 Å². The van der Waals surface area contributed by atoms with E-state index in [0.29, 0.717) is 18.5 Å². The highest BCUT2D eigenvalue weighted by Crippen LogP contribution is 2.08. The van der Waals surface area contributed by atoms with Crippen molar-refractivity contribution < 1.29 is 9.90 Å². The number of nitrogens with two attached hydrogens (primary N) is 1. The zero-order valence-corrected chi connectivity index (χ0v) is 9.44. The minimum atomic E-state index is -0.196. The number of aliphatic hydroxyl groups is 1. The van der Waals surface area contributed by atoms with Crippen LogP contribution >= 0.6 is 0 Å². The highest BCUT2D eigenvalue weighted by atomic mass is 16.3. The molecule has 0 aliphatic heterocycles. The lowest BCUT2D eigenvalue weighted by Gasteiger charge is -2.15. The summed E-state index contributed by atoms with van der Waals surface area (Å²) in [5.74, 6) is -0.179. The molecule has 0 fully saturated rings. The fourth-order valence-electron chi connectivity index (χ4n) is 1.46. The summed E-state index contributed by atoms with van der Waals surface area (Å²) in [6.45, 7) is 2.20. The maximum Gasteiger partial charge on any atom is 0.251 e. The maximum atomic E-state index is 11.9. The van der Waals surface area contributed by atoms with Gasteiger partial charge in [-0.05, 0) is 18.1 Å². The van der Waals surface area contributed by atoms with Crippen LogP contribution in [-0.2, 0) is 6.54 Å². The third-order valence-corrected chi connectivity index (χ3v) is 2.53. The average molecular weight is 222 g/mol. The number of carbonyl (C=O) groups excluding carboxylic acids is 1. The minimum Gasteiger partial charge on any atom is -0.394 e. The van der Waals surface area contributed by atoms with Gasteiger partial charge in [-0.3, -0.25) is 4.79 Å². The molecule has 0 heterocycles. The summed E-state index contributed by atoms with van der Waals surface area (Å²) in [6.07, 6.45) is 0.701. The summed E-state index contributed by atoms with van der Waals surface area (Å²) < 4.78 is 0. The van der Waals surface area contributed by atoms with E-state index in [1.807, 2.05) is 19.1 Å². The molecule has 1 unspecified atom stereocenters. The molecule has 0 spiro atoms. The summed E-state index contributed by atoms with van der Waals surface area (Å²) in [5.41, 5.74) is 6.95. The SMILES string of the molecule is CCC(CO)NC(=O)c1ccccc1CN. The molecule has 0 saturated carbocycles. The minimum absolute atomic E-state index is 0.0486. The van der Waals surface area contributed by atoms with E-state index < -0.39 is 0 Å². The molecule has 88 valence electrons. The van der Waals surface area contributed by atoms with Crippen molar-refractivity contribution in [3.05, 3.63) is 35.4 Å². The number of rotatable bonds is 5. The van der Waals surface area contributed by atoms with Gasteiger partial charge < -0.3 is 16.2 Å². The van der Waals surface area contributed by atoms with Crippen molar-refractivity contribution in [2.75, 3.05) is 6.61 Å². The summed E-state index contributed by atoms with van der Waals surface area (Å²) in [7, 11) is 0. The Hall–Kier alpha value is -1.39. The first-order valence-corrected chi connectivity index (χ1v) is 5.42. The third kappa shape index (κ3) is 3.05. The molecule has 1 aromatic carbocycles. The van der Waals surface area contributed by atoms with Gasteiger partial charge in [0, 0.05) is 12.1 Å². The molecular weight excluding hydrogens is 204 g/mol. The van der Waals surface area contributed by atoms with Crippen LogP contribution < -0.4 is 11.1 Å². The number of amides is 1. The second-order valence-corrected chi connectivity index (χ2v) is 3.62. The van der Waals surface area contributed by atoms with Gasteiger partial charge in [0.1, 0.15) is 0 Å². The second-order valence-electron chi connectivity index (χ2n) is 3.62. The fraction of sp³-hybridized carbons (Fsp3) is 0.417. The number of hydrogen-bond acceptors (Lipinski definition) is 3. The molecule has 0 aromatic heterocycles. The Bertz CT molecular complexity index is 349. The van der Waals surface area contributed by atoms with E-state index in [2.05, 4.69) is 5.32 Å². The first-order chi connectivity index (χ1) is 7.72. The molecule has 0 aliphatic rings. The number of aliphatic hydroxyl groups excluding tert-OH is 1. The first kappa shape index (κ1) is 12.7. The number of hydrogen-bond donors (Lipinski definition) is 3. The number of carbonyl (C=O) groups is 1. The van der Waals surface area contributed by atoms with Crippen LogP contribution in [0.15, 0.2) is 24.3 Å². The zero-order valence-electron chi connectivity index (χ0n) is 9.44. The molecule has 4 N–H and O–H groups in total. The Balaban J connectivity index is 2.79. The van der Waals surface area contributed by atoms with Crippen LogP contribution in [0.2, 0.25) is 0 Å². The van der Waals surface area contributed by atoms with Gasteiger partial charge >= 0.3 is 0 Å². The third-order valence-electron chi connectivity index (χ3n) is 2.53.